The number of allylic oxidation sites excluding steroid dienone is 1. The third-order valence-electron chi connectivity index (χ3n) is 7.11. The molecule has 33 heavy (non-hydrogen) atoms. The summed E-state index contributed by atoms with van der Waals surface area (Å²) in [6.45, 7) is 6.03. The minimum atomic E-state index is -0.767. The van der Waals surface area contributed by atoms with Gasteiger partial charge in [-0.3, -0.25) is 14.4 Å². The van der Waals surface area contributed by atoms with E-state index in [0.29, 0.717) is 6.54 Å². The Morgan fingerprint density at radius 1 is 1.12 bits per heavy atom. The van der Waals surface area contributed by atoms with Crippen molar-refractivity contribution in [3.8, 4) is 0 Å². The number of likely N-dealkylation sites (tertiary alicyclic amines) is 1. The average molecular weight is 456 g/mol. The smallest absolute Gasteiger partial charge is 0.243 e. The number of nitrogens with one attached hydrogen (secondary N) is 2. The molecule has 1 aromatic rings. The minimum absolute atomic E-state index is 0.0441. The normalized spacial score (nSPS) is 27.4. The Balaban J connectivity index is 1.98. The molecule has 1 aliphatic carbocycles. The number of hydrogen-bond donors (Lipinski definition) is 3. The molecule has 0 unspecified atom stereocenters. The summed E-state index contributed by atoms with van der Waals surface area (Å²) in [6.07, 6.45) is 5.67. The molecule has 7 nitrogen and oxygen atoms in total. The van der Waals surface area contributed by atoms with E-state index in [-0.39, 0.29) is 36.2 Å². The quantitative estimate of drug-likeness (QED) is 0.497. The van der Waals surface area contributed by atoms with Crippen molar-refractivity contribution < 1.29 is 19.5 Å². The highest BCUT2D eigenvalue weighted by Crippen LogP contribution is 2.46. The zero-order chi connectivity index (χ0) is 24.1. The van der Waals surface area contributed by atoms with Gasteiger partial charge >= 0.3 is 0 Å². The van der Waals surface area contributed by atoms with Crippen molar-refractivity contribution in [3.63, 3.8) is 0 Å². The summed E-state index contributed by atoms with van der Waals surface area (Å²) in [5, 5.41) is 15.9. The molecule has 3 amide bonds. The first-order chi connectivity index (χ1) is 15.8. The van der Waals surface area contributed by atoms with Crippen LogP contribution in [0.5, 0.6) is 0 Å². The van der Waals surface area contributed by atoms with Crippen molar-refractivity contribution in [2.45, 2.75) is 52.2 Å². The SMILES string of the molecule is CCC[C@@H]1C=C[C@H]2[C@@H](C(=O)N([C@@H](CO)C(C)C)[C@@H]2C(=O)NCc2ccccc2)[C@@H]1C(=O)NC. The van der Waals surface area contributed by atoms with Gasteiger partial charge in [0.25, 0.3) is 0 Å². The summed E-state index contributed by atoms with van der Waals surface area (Å²) in [5.41, 5.74) is 0.964. The van der Waals surface area contributed by atoms with E-state index >= 15 is 0 Å². The molecule has 0 saturated carbocycles. The van der Waals surface area contributed by atoms with E-state index in [1.54, 1.807) is 11.9 Å². The third kappa shape index (κ3) is 4.98. The van der Waals surface area contributed by atoms with E-state index in [1.165, 1.54) is 0 Å². The fourth-order valence-corrected chi connectivity index (χ4v) is 5.44. The molecule has 1 fully saturated rings. The molecule has 0 bridgehead atoms. The molecule has 6 atom stereocenters. The van der Waals surface area contributed by atoms with Crippen molar-refractivity contribution >= 4 is 17.7 Å². The molecule has 3 N–H and O–H groups in total. The maximum absolute atomic E-state index is 13.8. The van der Waals surface area contributed by atoms with Crippen LogP contribution in [0.2, 0.25) is 0 Å². The highest BCUT2D eigenvalue weighted by molar-refractivity contribution is 5.97. The van der Waals surface area contributed by atoms with Gasteiger partial charge in [-0.1, -0.05) is 69.7 Å². The van der Waals surface area contributed by atoms with Gasteiger partial charge < -0.3 is 20.6 Å². The monoisotopic (exact) mass is 455 g/mol. The number of carbonyl (C=O) groups is 3. The number of hydrogen-bond acceptors (Lipinski definition) is 4. The summed E-state index contributed by atoms with van der Waals surface area (Å²) in [4.78, 5) is 41.8. The van der Waals surface area contributed by atoms with Gasteiger partial charge in [-0.05, 0) is 23.8 Å². The van der Waals surface area contributed by atoms with Crippen LogP contribution in [0.4, 0.5) is 0 Å². The van der Waals surface area contributed by atoms with Crippen LogP contribution >= 0.6 is 0 Å². The van der Waals surface area contributed by atoms with Gasteiger partial charge in [0.05, 0.1) is 24.5 Å². The van der Waals surface area contributed by atoms with Gasteiger partial charge in [0.1, 0.15) is 6.04 Å². The maximum Gasteiger partial charge on any atom is 0.243 e. The van der Waals surface area contributed by atoms with Crippen molar-refractivity contribution in [1.82, 2.24) is 15.5 Å². The molecule has 1 aromatic carbocycles. The van der Waals surface area contributed by atoms with Gasteiger partial charge in [-0.15, -0.1) is 0 Å². The molecule has 1 heterocycles. The Kier molecular flexibility index (Phi) is 8.30. The highest BCUT2D eigenvalue weighted by Gasteiger charge is 2.58. The second-order valence-electron chi connectivity index (χ2n) is 9.47. The van der Waals surface area contributed by atoms with Gasteiger partial charge in [-0.25, -0.2) is 0 Å². The van der Waals surface area contributed by atoms with Gasteiger partial charge in [-0.2, -0.15) is 0 Å². The molecule has 2 aliphatic rings. The van der Waals surface area contributed by atoms with Gasteiger partial charge in [0.2, 0.25) is 17.7 Å². The number of carbonyl (C=O) groups excluding carboxylic acids is 3. The predicted octanol–water partition coefficient (Wildman–Crippen LogP) is 2.11. The van der Waals surface area contributed by atoms with E-state index in [1.807, 2.05) is 56.3 Å². The Hall–Kier alpha value is -2.67. The van der Waals surface area contributed by atoms with E-state index in [0.717, 1.165) is 18.4 Å². The summed E-state index contributed by atoms with van der Waals surface area (Å²) in [6, 6.07) is 8.34. The number of aliphatic hydroxyl groups excluding tert-OH is 1. The number of amides is 3. The van der Waals surface area contributed by atoms with Gasteiger partial charge in [0, 0.05) is 19.5 Å². The van der Waals surface area contributed by atoms with E-state index in [2.05, 4.69) is 17.6 Å². The van der Waals surface area contributed by atoms with Crippen LogP contribution in [0.1, 0.15) is 39.2 Å². The highest BCUT2D eigenvalue weighted by atomic mass is 16.3. The maximum atomic E-state index is 13.8. The zero-order valence-corrected chi connectivity index (χ0v) is 20.0. The lowest BCUT2D eigenvalue weighted by atomic mass is 9.68. The van der Waals surface area contributed by atoms with Crippen molar-refractivity contribution in [1.29, 1.82) is 0 Å². The Labute approximate surface area is 196 Å². The fourth-order valence-electron chi connectivity index (χ4n) is 5.44. The molecule has 0 radical (unpaired) electrons. The molecule has 180 valence electrons. The molecule has 0 spiro atoms. The standard InChI is InChI=1S/C26H37N3O4/c1-5-9-18-12-13-19-22(21(18)24(31)27-4)26(33)29(20(15-30)16(2)3)23(19)25(32)28-14-17-10-7-6-8-11-17/h6-8,10-13,16,18-23,30H,5,9,14-15H2,1-4H3,(H,27,31)(H,28,32)/t18-,19+,20+,21-,22-,23+/m1/s1. The summed E-state index contributed by atoms with van der Waals surface area (Å²) < 4.78 is 0. The molecule has 3 rings (SSSR count). The number of rotatable bonds is 9. The molecule has 1 aliphatic heterocycles. The second-order valence-corrected chi connectivity index (χ2v) is 9.47. The summed E-state index contributed by atoms with van der Waals surface area (Å²) in [7, 11) is 1.59. The first-order valence-corrected chi connectivity index (χ1v) is 12.0. The van der Waals surface area contributed by atoms with Crippen molar-refractivity contribution in [2.75, 3.05) is 13.7 Å². The Morgan fingerprint density at radius 3 is 2.39 bits per heavy atom. The van der Waals surface area contributed by atoms with Crippen molar-refractivity contribution in [3.05, 3.63) is 48.0 Å². The number of aliphatic hydroxyl groups is 1. The molecular formula is C26H37N3O4. The van der Waals surface area contributed by atoms with E-state index < -0.39 is 29.8 Å². The zero-order valence-electron chi connectivity index (χ0n) is 20.0. The van der Waals surface area contributed by atoms with Crippen LogP contribution in [0, 0.1) is 29.6 Å². The lowest BCUT2D eigenvalue weighted by Crippen LogP contribution is -2.53. The Morgan fingerprint density at radius 2 is 1.82 bits per heavy atom. The molecule has 7 heteroatoms. The fraction of sp³-hybridized carbons (Fsp3) is 0.577. The van der Waals surface area contributed by atoms with Crippen LogP contribution in [0.15, 0.2) is 42.5 Å². The topological polar surface area (TPSA) is 98.7 Å². The second kappa shape index (κ2) is 11.0. The van der Waals surface area contributed by atoms with Crippen LogP contribution < -0.4 is 10.6 Å². The van der Waals surface area contributed by atoms with Gasteiger partial charge in [0.15, 0.2) is 0 Å². The first-order valence-electron chi connectivity index (χ1n) is 12.0. The largest absolute Gasteiger partial charge is 0.394 e. The molecule has 0 aromatic heterocycles. The van der Waals surface area contributed by atoms with Crippen molar-refractivity contribution in [2.24, 2.45) is 29.6 Å². The first kappa shape index (κ1) is 25.0. The molecule has 1 saturated heterocycles. The number of fused-ring (bicyclic) bond motifs is 1. The lowest BCUT2D eigenvalue weighted by Gasteiger charge is -2.35. The van der Waals surface area contributed by atoms with E-state index in [9.17, 15) is 19.5 Å². The minimum Gasteiger partial charge on any atom is -0.394 e. The average Bonchev–Trinajstić information content (AvgIpc) is 3.10. The summed E-state index contributed by atoms with van der Waals surface area (Å²) >= 11 is 0. The number of benzene rings is 1. The van der Waals surface area contributed by atoms with Crippen LogP contribution in [-0.2, 0) is 20.9 Å². The number of nitrogens with zero attached hydrogens (tertiary/aromatic N) is 1. The van der Waals surface area contributed by atoms with Crippen LogP contribution in [-0.4, -0.2) is 53.5 Å². The van der Waals surface area contributed by atoms with Crippen LogP contribution in [0.25, 0.3) is 0 Å². The van der Waals surface area contributed by atoms with Crippen LogP contribution in [0.3, 0.4) is 0 Å². The Bertz CT molecular complexity index is 870. The molecular weight excluding hydrogens is 418 g/mol. The van der Waals surface area contributed by atoms with E-state index in [4.69, 9.17) is 0 Å². The summed E-state index contributed by atoms with van der Waals surface area (Å²) in [5.74, 6) is -2.31. The lowest BCUT2D eigenvalue weighted by molar-refractivity contribution is -0.144. The third-order valence-corrected chi connectivity index (χ3v) is 7.11. The predicted molar refractivity (Wildman–Crippen MR) is 127 cm³/mol.